The number of aliphatic hydroxyl groups excluding tert-OH is 1. The molecule has 2 atom stereocenters. The summed E-state index contributed by atoms with van der Waals surface area (Å²) in [5.74, 6) is 1.77. The van der Waals surface area contributed by atoms with E-state index < -0.39 is 6.10 Å². The number of likely N-dealkylation sites (tertiary alicyclic amines) is 1. The summed E-state index contributed by atoms with van der Waals surface area (Å²) in [7, 11) is 1.62. The fourth-order valence-corrected chi connectivity index (χ4v) is 5.39. The molecule has 36 heavy (non-hydrogen) atoms. The molecular formula is C27H31ClN4O4. The number of anilines is 1. The molecule has 0 bridgehead atoms. The number of halogens is 1. The molecule has 1 fully saturated rings. The minimum atomic E-state index is -0.727. The third kappa shape index (κ3) is 5.57. The van der Waals surface area contributed by atoms with Crippen LogP contribution in [0.15, 0.2) is 42.6 Å². The predicted molar refractivity (Wildman–Crippen MR) is 140 cm³/mol. The van der Waals surface area contributed by atoms with Crippen molar-refractivity contribution in [1.29, 1.82) is 0 Å². The van der Waals surface area contributed by atoms with Gasteiger partial charge >= 0.3 is 0 Å². The molecule has 190 valence electrons. The Kier molecular flexibility index (Phi) is 7.57. The Hall–Kier alpha value is -2.91. The van der Waals surface area contributed by atoms with Gasteiger partial charge in [0.25, 0.3) is 5.91 Å². The van der Waals surface area contributed by atoms with E-state index in [2.05, 4.69) is 20.5 Å². The number of nitrogens with zero attached hydrogens (tertiary/aromatic N) is 2. The van der Waals surface area contributed by atoms with Gasteiger partial charge in [-0.1, -0.05) is 17.7 Å². The number of β-amino-alcohol motifs (C(OH)–C–C–N with tert-alkyl or cyclic N) is 1. The number of ether oxygens (including phenoxy) is 2. The topological polar surface area (TPSA) is 96.0 Å². The van der Waals surface area contributed by atoms with Crippen LogP contribution in [0.1, 0.15) is 30.1 Å². The quantitative estimate of drug-likeness (QED) is 0.424. The number of fused-ring (bicyclic) bond motifs is 2. The lowest BCUT2D eigenvalue weighted by Crippen LogP contribution is -2.41. The van der Waals surface area contributed by atoms with Crippen molar-refractivity contribution in [2.75, 3.05) is 45.2 Å². The molecule has 5 rings (SSSR count). The van der Waals surface area contributed by atoms with Crippen LogP contribution in [0.3, 0.4) is 0 Å². The number of piperidine rings is 1. The summed E-state index contributed by atoms with van der Waals surface area (Å²) in [6.45, 7) is 4.02. The molecule has 2 aromatic carbocycles. The molecule has 1 aromatic heterocycles. The van der Waals surface area contributed by atoms with Crippen LogP contribution in [0.4, 0.5) is 5.69 Å². The van der Waals surface area contributed by atoms with Crippen LogP contribution in [0.2, 0.25) is 5.02 Å². The Balaban J connectivity index is 1.18. The first-order valence-corrected chi connectivity index (χ1v) is 12.7. The molecule has 0 aliphatic carbocycles. The molecule has 3 heterocycles. The standard InChI is InChI=1S/C27H31ClN4O4/c1-35-19-5-6-22-20(10-19)27(21(28)13-30-22)24(33)15-32-8-2-3-18(14-32)12-29-11-17-4-7-25-23(9-17)31-26(34)16-36-25/h4-7,9-10,13,18,24,29,33H,2-3,8,11-12,14-16H2,1H3,(H,31,34). The molecule has 8 nitrogen and oxygen atoms in total. The highest BCUT2D eigenvalue weighted by Crippen LogP contribution is 2.33. The van der Waals surface area contributed by atoms with Crippen LogP contribution in [-0.2, 0) is 11.3 Å². The van der Waals surface area contributed by atoms with E-state index in [4.69, 9.17) is 21.1 Å². The number of carbonyl (C=O) groups is 1. The normalized spacial score (nSPS) is 18.9. The molecule has 9 heteroatoms. The fourth-order valence-electron chi connectivity index (χ4n) is 5.11. The van der Waals surface area contributed by atoms with Gasteiger partial charge < -0.3 is 30.1 Å². The average Bonchev–Trinajstić information content (AvgIpc) is 2.88. The largest absolute Gasteiger partial charge is 0.497 e. The lowest BCUT2D eigenvalue weighted by Gasteiger charge is -2.34. The van der Waals surface area contributed by atoms with Crippen molar-refractivity contribution in [1.82, 2.24) is 15.2 Å². The zero-order chi connectivity index (χ0) is 25.1. The zero-order valence-electron chi connectivity index (χ0n) is 20.3. The Labute approximate surface area is 215 Å². The van der Waals surface area contributed by atoms with Crippen LogP contribution >= 0.6 is 11.6 Å². The van der Waals surface area contributed by atoms with E-state index in [9.17, 15) is 9.90 Å². The second-order valence-electron chi connectivity index (χ2n) is 9.48. The van der Waals surface area contributed by atoms with Crippen molar-refractivity contribution in [2.24, 2.45) is 5.92 Å². The lowest BCUT2D eigenvalue weighted by atomic mass is 9.96. The van der Waals surface area contributed by atoms with Crippen LogP contribution in [0.5, 0.6) is 11.5 Å². The third-order valence-corrected chi connectivity index (χ3v) is 7.18. The first kappa shape index (κ1) is 24.8. The van der Waals surface area contributed by atoms with Gasteiger partial charge in [-0.25, -0.2) is 0 Å². The summed E-state index contributed by atoms with van der Waals surface area (Å²) in [6, 6.07) is 11.5. The Morgan fingerprint density at radius 1 is 1.33 bits per heavy atom. The molecular weight excluding hydrogens is 480 g/mol. The predicted octanol–water partition coefficient (Wildman–Crippen LogP) is 3.76. The SMILES string of the molecule is COc1ccc2ncc(Cl)c(C(O)CN3CCCC(CNCc4ccc5c(c4)NC(=O)CO5)C3)c2c1. The number of aromatic nitrogens is 1. The average molecular weight is 511 g/mol. The van der Waals surface area contributed by atoms with E-state index in [0.29, 0.717) is 41.1 Å². The number of methoxy groups -OCH3 is 1. The first-order chi connectivity index (χ1) is 17.5. The fraction of sp³-hybridized carbons (Fsp3) is 0.407. The molecule has 2 unspecified atom stereocenters. The number of benzene rings is 2. The van der Waals surface area contributed by atoms with E-state index in [0.717, 1.165) is 54.6 Å². The molecule has 0 spiro atoms. The number of amides is 1. The molecule has 0 radical (unpaired) electrons. The number of hydrogen-bond acceptors (Lipinski definition) is 7. The number of hydrogen-bond donors (Lipinski definition) is 3. The van der Waals surface area contributed by atoms with Crippen molar-refractivity contribution in [3.05, 3.63) is 58.7 Å². The maximum Gasteiger partial charge on any atom is 0.262 e. The van der Waals surface area contributed by atoms with E-state index in [1.165, 1.54) is 0 Å². The van der Waals surface area contributed by atoms with E-state index >= 15 is 0 Å². The highest BCUT2D eigenvalue weighted by Gasteiger charge is 2.25. The lowest BCUT2D eigenvalue weighted by molar-refractivity contribution is -0.118. The van der Waals surface area contributed by atoms with Gasteiger partial charge in [-0.15, -0.1) is 0 Å². The summed E-state index contributed by atoms with van der Waals surface area (Å²) < 4.78 is 10.8. The van der Waals surface area contributed by atoms with Gasteiger partial charge in [-0.2, -0.15) is 0 Å². The van der Waals surface area contributed by atoms with Gasteiger partial charge in [-0.05, 0) is 67.7 Å². The minimum Gasteiger partial charge on any atom is -0.497 e. The molecule has 1 amide bonds. The molecule has 3 aromatic rings. The Morgan fingerprint density at radius 3 is 3.08 bits per heavy atom. The molecule has 3 N–H and O–H groups in total. The number of carbonyl (C=O) groups excluding carboxylic acids is 1. The summed E-state index contributed by atoms with van der Waals surface area (Å²) in [5, 5.41) is 18.9. The van der Waals surface area contributed by atoms with Crippen molar-refractivity contribution >= 4 is 34.1 Å². The minimum absolute atomic E-state index is 0.0647. The van der Waals surface area contributed by atoms with Gasteiger partial charge in [0.2, 0.25) is 0 Å². The van der Waals surface area contributed by atoms with Gasteiger partial charge in [0.05, 0.1) is 29.4 Å². The summed E-state index contributed by atoms with van der Waals surface area (Å²) >= 11 is 6.50. The molecule has 2 aliphatic heterocycles. The zero-order valence-corrected chi connectivity index (χ0v) is 21.1. The Morgan fingerprint density at radius 2 is 2.22 bits per heavy atom. The van der Waals surface area contributed by atoms with Crippen molar-refractivity contribution in [2.45, 2.75) is 25.5 Å². The van der Waals surface area contributed by atoms with Gasteiger partial charge in [0, 0.05) is 36.8 Å². The van der Waals surface area contributed by atoms with Crippen LogP contribution in [-0.4, -0.2) is 60.8 Å². The summed E-state index contributed by atoms with van der Waals surface area (Å²) in [4.78, 5) is 18.3. The number of nitrogens with one attached hydrogen (secondary N) is 2. The van der Waals surface area contributed by atoms with Gasteiger partial charge in [0.15, 0.2) is 6.61 Å². The second kappa shape index (κ2) is 11.0. The highest BCUT2D eigenvalue weighted by atomic mass is 35.5. The van der Waals surface area contributed by atoms with E-state index in [1.54, 1.807) is 13.3 Å². The second-order valence-corrected chi connectivity index (χ2v) is 9.89. The number of aliphatic hydroxyl groups is 1. The maximum atomic E-state index is 11.6. The van der Waals surface area contributed by atoms with Gasteiger partial charge in [-0.3, -0.25) is 9.78 Å². The number of rotatable bonds is 8. The smallest absolute Gasteiger partial charge is 0.262 e. The summed E-state index contributed by atoms with van der Waals surface area (Å²) in [5.41, 5.74) is 3.30. The first-order valence-electron chi connectivity index (χ1n) is 12.3. The molecule has 2 aliphatic rings. The van der Waals surface area contributed by atoms with Crippen LogP contribution in [0.25, 0.3) is 10.9 Å². The summed E-state index contributed by atoms with van der Waals surface area (Å²) in [6.07, 6.45) is 3.11. The highest BCUT2D eigenvalue weighted by molar-refractivity contribution is 6.32. The van der Waals surface area contributed by atoms with Gasteiger partial charge in [0.1, 0.15) is 11.5 Å². The molecule has 0 saturated carbocycles. The maximum absolute atomic E-state index is 11.6. The van der Waals surface area contributed by atoms with Crippen LogP contribution in [0, 0.1) is 5.92 Å². The molecule has 1 saturated heterocycles. The third-order valence-electron chi connectivity index (χ3n) is 6.87. The van der Waals surface area contributed by atoms with Crippen LogP contribution < -0.4 is 20.1 Å². The monoisotopic (exact) mass is 510 g/mol. The number of pyridine rings is 1. The van der Waals surface area contributed by atoms with E-state index in [-0.39, 0.29) is 12.5 Å². The van der Waals surface area contributed by atoms with Crippen molar-refractivity contribution in [3.63, 3.8) is 0 Å². The van der Waals surface area contributed by atoms with Crippen molar-refractivity contribution < 1.29 is 19.4 Å². The van der Waals surface area contributed by atoms with E-state index in [1.807, 2.05) is 36.4 Å². The van der Waals surface area contributed by atoms with Crippen molar-refractivity contribution in [3.8, 4) is 11.5 Å². The Bertz CT molecular complexity index is 1250.